The monoisotopic (exact) mass is 250 g/mol. The lowest BCUT2D eigenvalue weighted by molar-refractivity contribution is -0.0903. The van der Waals surface area contributed by atoms with Gasteiger partial charge in [-0.1, -0.05) is 33.6 Å². The third-order valence-corrected chi connectivity index (χ3v) is 4.43. The quantitative estimate of drug-likeness (QED) is 0.876. The molecule has 102 valence electrons. The van der Waals surface area contributed by atoms with Gasteiger partial charge in [0, 0.05) is 25.9 Å². The fourth-order valence-corrected chi connectivity index (χ4v) is 3.51. The van der Waals surface area contributed by atoms with Crippen molar-refractivity contribution in [2.45, 2.75) is 58.5 Å². The van der Waals surface area contributed by atoms with Crippen molar-refractivity contribution in [3.8, 4) is 0 Å². The van der Waals surface area contributed by atoms with Crippen molar-refractivity contribution in [1.29, 1.82) is 0 Å². The van der Waals surface area contributed by atoms with Crippen molar-refractivity contribution in [3.05, 3.63) is 18.2 Å². The van der Waals surface area contributed by atoms with Crippen LogP contribution in [0.25, 0.3) is 0 Å². The smallest absolute Gasteiger partial charge is 0.111 e. The Morgan fingerprint density at radius 3 is 2.72 bits per heavy atom. The number of hydrogen-bond donors (Lipinski definition) is 1. The number of hydrogen-bond acceptors (Lipinski definition) is 2. The van der Waals surface area contributed by atoms with Crippen LogP contribution in [0.15, 0.2) is 12.4 Å². The summed E-state index contributed by atoms with van der Waals surface area (Å²) in [5.41, 5.74) is -0.435. The highest BCUT2D eigenvalue weighted by Gasteiger charge is 2.45. The summed E-state index contributed by atoms with van der Waals surface area (Å²) in [6.07, 6.45) is 8.85. The zero-order chi connectivity index (χ0) is 13.4. The molecule has 1 aromatic rings. The number of aromatic nitrogens is 2. The van der Waals surface area contributed by atoms with E-state index in [1.165, 1.54) is 6.42 Å². The van der Waals surface area contributed by atoms with E-state index < -0.39 is 5.60 Å². The van der Waals surface area contributed by atoms with Gasteiger partial charge in [0.25, 0.3) is 0 Å². The third-order valence-electron chi connectivity index (χ3n) is 4.43. The van der Waals surface area contributed by atoms with E-state index in [0.717, 1.165) is 25.1 Å². The topological polar surface area (TPSA) is 38.0 Å². The summed E-state index contributed by atoms with van der Waals surface area (Å²) in [6, 6.07) is 0. The molecule has 1 aliphatic rings. The minimum absolute atomic E-state index is 0.153. The van der Waals surface area contributed by atoms with Crippen LogP contribution in [-0.4, -0.2) is 20.3 Å². The van der Waals surface area contributed by atoms with Gasteiger partial charge in [0.15, 0.2) is 0 Å². The fraction of sp³-hybridized carbons (Fsp3) is 0.800. The number of aryl methyl sites for hydroxylation is 1. The molecule has 0 bridgehead atoms. The van der Waals surface area contributed by atoms with Gasteiger partial charge in [0.05, 0.1) is 5.60 Å². The number of aliphatic hydroxyl groups is 1. The summed E-state index contributed by atoms with van der Waals surface area (Å²) < 4.78 is 2.02. The maximum atomic E-state index is 11.1. The third kappa shape index (κ3) is 2.61. The highest BCUT2D eigenvalue weighted by Crippen LogP contribution is 2.45. The molecule has 1 saturated carbocycles. The predicted octanol–water partition coefficient (Wildman–Crippen LogP) is 2.93. The Hall–Kier alpha value is -0.830. The van der Waals surface area contributed by atoms with E-state index in [0.29, 0.717) is 12.3 Å². The summed E-state index contributed by atoms with van der Waals surface area (Å²) in [5, 5.41) is 11.1. The molecule has 1 heterocycles. The Kier molecular flexibility index (Phi) is 3.54. The van der Waals surface area contributed by atoms with Gasteiger partial charge in [-0.3, -0.25) is 0 Å². The maximum absolute atomic E-state index is 11.1. The molecule has 1 N–H and O–H groups in total. The lowest BCUT2D eigenvalue weighted by atomic mass is 9.62. The number of rotatable bonds is 2. The lowest BCUT2D eigenvalue weighted by Gasteiger charge is -2.46. The van der Waals surface area contributed by atoms with Gasteiger partial charge in [-0.15, -0.1) is 0 Å². The molecule has 1 aromatic heterocycles. The van der Waals surface area contributed by atoms with E-state index in [2.05, 4.69) is 25.8 Å². The van der Waals surface area contributed by atoms with Crippen LogP contribution in [0, 0.1) is 11.3 Å². The van der Waals surface area contributed by atoms with Crippen LogP contribution in [-0.2, 0) is 13.5 Å². The second-order valence-corrected chi connectivity index (χ2v) is 6.90. The molecule has 0 spiro atoms. The molecule has 0 saturated heterocycles. The van der Waals surface area contributed by atoms with E-state index in [4.69, 9.17) is 0 Å². The van der Waals surface area contributed by atoms with Crippen LogP contribution in [0.5, 0.6) is 0 Å². The van der Waals surface area contributed by atoms with E-state index >= 15 is 0 Å². The average molecular weight is 250 g/mol. The van der Waals surface area contributed by atoms with Crippen LogP contribution in [0.2, 0.25) is 0 Å². The summed E-state index contributed by atoms with van der Waals surface area (Å²) >= 11 is 0. The van der Waals surface area contributed by atoms with Crippen molar-refractivity contribution >= 4 is 0 Å². The predicted molar refractivity (Wildman–Crippen MR) is 73.3 cm³/mol. The summed E-state index contributed by atoms with van der Waals surface area (Å²) in [5.74, 6) is 1.35. The van der Waals surface area contributed by atoms with Crippen molar-refractivity contribution in [1.82, 2.24) is 9.55 Å². The molecule has 2 rings (SSSR count). The van der Waals surface area contributed by atoms with Crippen LogP contribution >= 0.6 is 0 Å². The SMILES string of the molecule is Cn1ccnc1CC1(O)CCCCC1C(C)(C)C. The first-order chi connectivity index (χ1) is 8.33. The molecular weight excluding hydrogens is 224 g/mol. The van der Waals surface area contributed by atoms with Gasteiger partial charge in [0.2, 0.25) is 0 Å². The Morgan fingerprint density at radius 1 is 1.44 bits per heavy atom. The second kappa shape index (κ2) is 4.69. The molecule has 0 aromatic carbocycles. The Morgan fingerprint density at radius 2 is 2.17 bits per heavy atom. The zero-order valence-electron chi connectivity index (χ0n) is 12.1. The molecule has 3 heteroatoms. The van der Waals surface area contributed by atoms with Gasteiger partial charge in [-0.2, -0.15) is 0 Å². The normalized spacial score (nSPS) is 29.5. The number of imidazole rings is 1. The van der Waals surface area contributed by atoms with Crippen LogP contribution < -0.4 is 0 Å². The Labute approximate surface area is 110 Å². The molecule has 2 unspecified atom stereocenters. The van der Waals surface area contributed by atoms with Gasteiger partial charge in [-0.05, 0) is 24.2 Å². The van der Waals surface area contributed by atoms with Crippen molar-refractivity contribution in [2.75, 3.05) is 0 Å². The van der Waals surface area contributed by atoms with Crippen molar-refractivity contribution in [3.63, 3.8) is 0 Å². The summed E-state index contributed by atoms with van der Waals surface area (Å²) in [7, 11) is 2.00. The minimum Gasteiger partial charge on any atom is -0.389 e. The lowest BCUT2D eigenvalue weighted by Crippen LogP contribution is -2.48. The molecular formula is C15H26N2O. The van der Waals surface area contributed by atoms with Gasteiger partial charge in [0.1, 0.15) is 5.82 Å². The highest BCUT2D eigenvalue weighted by atomic mass is 16.3. The minimum atomic E-state index is -0.588. The summed E-state index contributed by atoms with van der Waals surface area (Å²) in [4.78, 5) is 4.37. The van der Waals surface area contributed by atoms with Crippen LogP contribution in [0.1, 0.15) is 52.3 Å². The van der Waals surface area contributed by atoms with E-state index in [1.807, 2.05) is 24.0 Å². The fourth-order valence-electron chi connectivity index (χ4n) is 3.51. The Balaban J connectivity index is 2.23. The van der Waals surface area contributed by atoms with Crippen LogP contribution in [0.4, 0.5) is 0 Å². The van der Waals surface area contributed by atoms with Gasteiger partial charge >= 0.3 is 0 Å². The van der Waals surface area contributed by atoms with E-state index in [9.17, 15) is 5.11 Å². The molecule has 0 aliphatic heterocycles. The van der Waals surface area contributed by atoms with E-state index in [1.54, 1.807) is 0 Å². The zero-order valence-corrected chi connectivity index (χ0v) is 12.1. The molecule has 18 heavy (non-hydrogen) atoms. The van der Waals surface area contributed by atoms with Crippen LogP contribution in [0.3, 0.4) is 0 Å². The number of nitrogens with zero attached hydrogens (tertiary/aromatic N) is 2. The maximum Gasteiger partial charge on any atom is 0.111 e. The average Bonchev–Trinajstić information content (AvgIpc) is 2.62. The summed E-state index contributed by atoms with van der Waals surface area (Å²) in [6.45, 7) is 6.73. The largest absolute Gasteiger partial charge is 0.389 e. The molecule has 1 aliphatic carbocycles. The highest BCUT2D eigenvalue weighted by molar-refractivity contribution is 5.04. The molecule has 0 radical (unpaired) electrons. The molecule has 0 amide bonds. The van der Waals surface area contributed by atoms with Crippen molar-refractivity contribution < 1.29 is 5.11 Å². The first-order valence-electron chi connectivity index (χ1n) is 7.01. The Bertz CT molecular complexity index is 405. The molecule has 3 nitrogen and oxygen atoms in total. The van der Waals surface area contributed by atoms with Crippen molar-refractivity contribution in [2.24, 2.45) is 18.4 Å². The first-order valence-corrected chi connectivity index (χ1v) is 7.01. The standard InChI is InChI=1S/C15H26N2O/c1-14(2,3)12-7-5-6-8-15(12,18)11-13-16-9-10-17(13)4/h9-10,12,18H,5-8,11H2,1-4H3. The molecule has 1 fully saturated rings. The van der Waals surface area contributed by atoms with E-state index in [-0.39, 0.29) is 5.41 Å². The first kappa shape index (κ1) is 13.6. The van der Waals surface area contributed by atoms with Gasteiger partial charge in [-0.25, -0.2) is 4.98 Å². The van der Waals surface area contributed by atoms with Gasteiger partial charge < -0.3 is 9.67 Å². The molecule has 2 atom stereocenters. The second-order valence-electron chi connectivity index (χ2n) is 6.90.